The lowest BCUT2D eigenvalue weighted by Crippen LogP contribution is -2.28. The molecule has 0 atom stereocenters. The first-order valence-electron chi connectivity index (χ1n) is 50.7. The summed E-state index contributed by atoms with van der Waals surface area (Å²) in [6.45, 7) is 4.66. The topological polar surface area (TPSA) is 116 Å². The van der Waals surface area contributed by atoms with Gasteiger partial charge in [0, 0.05) is 75.3 Å². The van der Waals surface area contributed by atoms with Gasteiger partial charge in [0.1, 0.15) is 0 Å². The Labute approximate surface area is 865 Å². The zero-order chi connectivity index (χ0) is 99.4. The fraction of sp³-hybridized carbons (Fsp3) is 0.0357. The number of fused-ring (bicyclic) bond motifs is 12. The minimum absolute atomic E-state index is 0.114. The maximum Gasteiger partial charge on any atom is 0.0973 e. The molecule has 25 aromatic rings. The normalized spacial score (nSPS) is 12.8. The summed E-state index contributed by atoms with van der Waals surface area (Å²) < 4.78 is 0. The van der Waals surface area contributed by atoms with Crippen molar-refractivity contribution in [2.24, 2.45) is 0 Å². The molecule has 0 saturated carbocycles. The van der Waals surface area contributed by atoms with Crippen molar-refractivity contribution in [3.8, 4) is 168 Å². The van der Waals surface area contributed by atoms with E-state index in [2.05, 4.69) is 417 Å². The van der Waals surface area contributed by atoms with Gasteiger partial charge in [0.25, 0.3) is 0 Å². The van der Waals surface area contributed by atoms with E-state index >= 15 is 0 Å². The van der Waals surface area contributed by atoms with Gasteiger partial charge >= 0.3 is 0 Å². The molecule has 3 aliphatic carbocycles. The SMILES string of the molecule is CC1(C)c2cc(-c3ccc(-c4nc5ccccc5nc4-c4ccccc4)cc3)ccc2-c2ccc(-c3ccccn3)cc21.c1ccc(-c2nc3ccccc3nc2-c2ccc(-c3ccc4c(c3)C(c3ccccc3)(c3ccccc3)c3cc(-c5cccnc5)ccc3-4)cc2)cc1.c1ccc(-c2nc3ccccc3nc2-c2ccc(-c3ccc4c(c3)C(c3ccccc3)(c3ccccc3)c3cc(-c5ccncc5)ccc3-4)cc2)cc1. The number of benzene rings is 19. The molecule has 19 aromatic carbocycles. The lowest BCUT2D eigenvalue weighted by molar-refractivity contribution is 0.661. The molecule has 6 heterocycles. The van der Waals surface area contributed by atoms with Crippen LogP contribution in [0.15, 0.2) is 541 Å². The van der Waals surface area contributed by atoms with Gasteiger partial charge in [-0.1, -0.05) is 420 Å². The van der Waals surface area contributed by atoms with E-state index in [4.69, 9.17) is 29.9 Å². The highest BCUT2D eigenvalue weighted by molar-refractivity contribution is 5.97. The Morgan fingerprint density at radius 1 is 0.154 bits per heavy atom. The number of pyridine rings is 3. The Hall–Kier alpha value is -19.4. The molecular formula is C140H95N9. The van der Waals surface area contributed by atoms with E-state index in [9.17, 15) is 0 Å². The highest BCUT2D eigenvalue weighted by Crippen LogP contribution is 2.61. The lowest BCUT2D eigenvalue weighted by atomic mass is 9.67. The van der Waals surface area contributed by atoms with Crippen molar-refractivity contribution >= 4 is 33.1 Å². The minimum Gasteiger partial charge on any atom is -0.265 e. The second kappa shape index (κ2) is 38.1. The molecule has 3 aliphatic rings. The molecule has 0 spiro atoms. The van der Waals surface area contributed by atoms with Crippen LogP contribution >= 0.6 is 0 Å². The highest BCUT2D eigenvalue weighted by Gasteiger charge is 2.49. The molecule has 6 aromatic heterocycles. The Balaban J connectivity index is 0.000000114. The Kier molecular flexibility index (Phi) is 22.9. The standard InChI is InChI=1S/2C50H33N3.C40H29N3/c1-4-13-35(14-5-1)48-49(53-47-21-11-10-20-46(47)52-48)36-24-22-34(23-25-36)37-26-28-42-43-29-27-38(39-15-12-30-51-33-39)32-45(43)50(44(42)31-37,40-16-6-2-7-17-40)41-18-8-3-9-19-41;1-4-12-36(13-5-1)48-49(53-47-19-11-10-18-46(47)52-48)37-22-20-34(21-23-37)38-24-26-42-43-27-25-39(35-28-30-51-31-29-35)33-45(43)50(44(42)32-38,40-14-6-2-7-15-40)41-16-8-3-9-17-41;1-40(2)33-24-29(19-21-31(33)32-22-20-30(25-34(32)40)35-12-8-9-23-41-35)26-15-17-28(18-16-26)39-38(27-10-4-3-5-11-27)42-36-13-6-7-14-37(36)43-39/h2*1-33H;3-25H,1-2H3. The Morgan fingerprint density at radius 2 is 0.383 bits per heavy atom. The number of para-hydroxylation sites is 6. The smallest absolute Gasteiger partial charge is 0.0973 e. The van der Waals surface area contributed by atoms with Crippen LogP contribution in [0.1, 0.15) is 69.5 Å². The summed E-state index contributed by atoms with van der Waals surface area (Å²) in [6, 6.07) is 181. The average Bonchev–Trinajstić information content (AvgIpc) is 1.54. The predicted molar refractivity (Wildman–Crippen MR) is 609 cm³/mol. The summed E-state index contributed by atoms with van der Waals surface area (Å²) in [5, 5.41) is 0. The second-order valence-corrected chi connectivity index (χ2v) is 38.9. The second-order valence-electron chi connectivity index (χ2n) is 38.9. The van der Waals surface area contributed by atoms with Crippen LogP contribution in [0, 0.1) is 0 Å². The summed E-state index contributed by atoms with van der Waals surface area (Å²) in [4.78, 5) is 43.9. The molecule has 0 aliphatic heterocycles. The maximum absolute atomic E-state index is 5.14. The summed E-state index contributed by atoms with van der Waals surface area (Å²) >= 11 is 0. The first-order valence-corrected chi connectivity index (χ1v) is 50.7. The zero-order valence-electron chi connectivity index (χ0n) is 81.9. The molecule has 28 rings (SSSR count). The largest absolute Gasteiger partial charge is 0.265 e. The van der Waals surface area contributed by atoms with Gasteiger partial charge in [0.05, 0.1) is 83.8 Å². The Morgan fingerprint density at radius 3 is 0.671 bits per heavy atom. The molecule has 9 nitrogen and oxygen atoms in total. The molecule has 0 radical (unpaired) electrons. The van der Waals surface area contributed by atoms with Crippen LogP contribution in [0.3, 0.4) is 0 Å². The third kappa shape index (κ3) is 16.1. The van der Waals surface area contributed by atoms with Gasteiger partial charge in [-0.2, -0.15) is 0 Å². The van der Waals surface area contributed by atoms with Gasteiger partial charge in [-0.05, 0) is 248 Å². The lowest BCUT2D eigenvalue weighted by Gasteiger charge is -2.34. The Bertz CT molecular complexity index is 8870. The maximum atomic E-state index is 5.14. The zero-order valence-corrected chi connectivity index (χ0v) is 81.9. The summed E-state index contributed by atoms with van der Waals surface area (Å²) in [6.07, 6.45) is 9.37. The summed E-state index contributed by atoms with van der Waals surface area (Å²) in [5.74, 6) is 0. The van der Waals surface area contributed by atoms with E-state index in [0.29, 0.717) is 0 Å². The number of nitrogens with zero attached hydrogens (tertiary/aromatic N) is 9. The molecule has 0 bridgehead atoms. The molecule has 0 fully saturated rings. The van der Waals surface area contributed by atoms with Crippen LogP contribution in [-0.4, -0.2) is 44.9 Å². The van der Waals surface area contributed by atoms with Gasteiger partial charge in [0.15, 0.2) is 0 Å². The van der Waals surface area contributed by atoms with Gasteiger partial charge < -0.3 is 0 Å². The van der Waals surface area contributed by atoms with E-state index in [1.807, 2.05) is 152 Å². The van der Waals surface area contributed by atoms with Crippen LogP contribution in [0.4, 0.5) is 0 Å². The van der Waals surface area contributed by atoms with Gasteiger partial charge in [-0.25, -0.2) is 29.9 Å². The van der Waals surface area contributed by atoms with E-state index in [-0.39, 0.29) is 5.41 Å². The van der Waals surface area contributed by atoms with Crippen molar-refractivity contribution < 1.29 is 0 Å². The third-order valence-corrected chi connectivity index (χ3v) is 30.1. The van der Waals surface area contributed by atoms with Crippen molar-refractivity contribution in [1.82, 2.24) is 44.9 Å². The first kappa shape index (κ1) is 89.7. The summed E-state index contributed by atoms with van der Waals surface area (Å²) in [7, 11) is 0. The van der Waals surface area contributed by atoms with Gasteiger partial charge in [0.2, 0.25) is 0 Å². The fourth-order valence-corrected chi connectivity index (χ4v) is 22.8. The molecule has 700 valence electrons. The molecule has 9 heteroatoms. The van der Waals surface area contributed by atoms with E-state index < -0.39 is 10.8 Å². The molecule has 0 unspecified atom stereocenters. The van der Waals surface area contributed by atoms with E-state index in [1.165, 1.54) is 117 Å². The van der Waals surface area contributed by atoms with Crippen molar-refractivity contribution in [3.05, 3.63) is 596 Å². The fourth-order valence-electron chi connectivity index (χ4n) is 22.8. The van der Waals surface area contributed by atoms with Crippen molar-refractivity contribution in [1.29, 1.82) is 0 Å². The average molecular weight is 1900 g/mol. The van der Waals surface area contributed by atoms with Crippen LogP contribution in [0.2, 0.25) is 0 Å². The van der Waals surface area contributed by atoms with Gasteiger partial charge in [-0.3, -0.25) is 15.0 Å². The van der Waals surface area contributed by atoms with Crippen LogP contribution < -0.4 is 0 Å². The quantitative estimate of drug-likeness (QED) is 0.0932. The molecule has 0 N–H and O–H groups in total. The minimum atomic E-state index is -0.521. The molecule has 0 saturated heterocycles. The first-order chi connectivity index (χ1) is 73.6. The molecule has 149 heavy (non-hydrogen) atoms. The predicted octanol–water partition coefficient (Wildman–Crippen LogP) is 34.1. The van der Waals surface area contributed by atoms with Gasteiger partial charge in [-0.15, -0.1) is 0 Å². The van der Waals surface area contributed by atoms with Crippen molar-refractivity contribution in [2.45, 2.75) is 30.1 Å². The summed E-state index contributed by atoms with van der Waals surface area (Å²) in [5.41, 5.74) is 50.0. The number of aromatic nitrogens is 9. The van der Waals surface area contributed by atoms with Crippen LogP contribution in [0.5, 0.6) is 0 Å². The van der Waals surface area contributed by atoms with Crippen LogP contribution in [0.25, 0.3) is 201 Å². The van der Waals surface area contributed by atoms with Crippen LogP contribution in [-0.2, 0) is 16.2 Å². The van der Waals surface area contributed by atoms with E-state index in [1.54, 1.807) is 0 Å². The molecule has 0 amide bonds. The number of hydrogen-bond donors (Lipinski definition) is 0. The monoisotopic (exact) mass is 1900 g/mol. The molecular weight excluding hydrogens is 1810 g/mol. The van der Waals surface area contributed by atoms with E-state index in [0.717, 1.165) is 140 Å². The third-order valence-electron chi connectivity index (χ3n) is 30.1. The van der Waals surface area contributed by atoms with Crippen molar-refractivity contribution in [3.63, 3.8) is 0 Å². The number of rotatable bonds is 16. The van der Waals surface area contributed by atoms with Crippen molar-refractivity contribution in [2.75, 3.05) is 0 Å². The number of hydrogen-bond acceptors (Lipinski definition) is 9. The highest BCUT2D eigenvalue weighted by atomic mass is 14.9.